The third-order valence-corrected chi connectivity index (χ3v) is 3.52. The van der Waals surface area contributed by atoms with Crippen LogP contribution in [0.3, 0.4) is 0 Å². The molecule has 0 saturated carbocycles. The summed E-state index contributed by atoms with van der Waals surface area (Å²) in [6.45, 7) is 4.76. The number of hydrogen-bond donors (Lipinski definition) is 2. The molecule has 2 aromatic rings. The van der Waals surface area contributed by atoms with Gasteiger partial charge in [0.1, 0.15) is 17.5 Å². The van der Waals surface area contributed by atoms with Crippen LogP contribution in [0.5, 0.6) is 0 Å². The van der Waals surface area contributed by atoms with Gasteiger partial charge in [0.25, 0.3) is 0 Å². The second-order valence-corrected chi connectivity index (χ2v) is 5.62. The fourth-order valence-electron chi connectivity index (χ4n) is 1.94. The first kappa shape index (κ1) is 15.5. The van der Waals surface area contributed by atoms with Crippen LogP contribution in [0.4, 0.5) is 11.6 Å². The number of aromatic nitrogens is 2. The van der Waals surface area contributed by atoms with E-state index in [1.54, 1.807) is 0 Å². The lowest BCUT2D eigenvalue weighted by atomic mass is 10.2. The maximum Gasteiger partial charge on any atom is 0.145 e. The Hall–Kier alpha value is -1.85. The Labute approximate surface area is 130 Å². The number of nitrogen functional groups attached to an aromatic ring is 1. The molecule has 0 fully saturated rings. The Bertz CT molecular complexity index is 615. The fraction of sp³-hybridized carbons (Fsp3) is 0.333. The van der Waals surface area contributed by atoms with Crippen LogP contribution in [0, 0.1) is 0 Å². The zero-order valence-corrected chi connectivity index (χ0v) is 13.2. The van der Waals surface area contributed by atoms with E-state index in [0.717, 1.165) is 22.2 Å². The highest BCUT2D eigenvalue weighted by atomic mass is 35.5. The molecule has 0 amide bonds. The molecule has 1 heterocycles. The van der Waals surface area contributed by atoms with Crippen molar-refractivity contribution in [2.45, 2.75) is 26.3 Å². The topological polar surface area (TPSA) is 67.1 Å². The molecule has 0 unspecified atom stereocenters. The van der Waals surface area contributed by atoms with Gasteiger partial charge in [0.15, 0.2) is 0 Å². The van der Waals surface area contributed by atoms with Gasteiger partial charge in [-0.1, -0.05) is 43.6 Å². The summed E-state index contributed by atoms with van der Waals surface area (Å²) in [5, 5.41) is 0.750. The zero-order valence-electron chi connectivity index (χ0n) is 12.5. The summed E-state index contributed by atoms with van der Waals surface area (Å²) in [4.78, 5) is 11.0. The van der Waals surface area contributed by atoms with Crippen molar-refractivity contribution in [1.29, 1.82) is 0 Å². The molecule has 5 nitrogen and oxygen atoms in total. The van der Waals surface area contributed by atoms with Crippen molar-refractivity contribution in [2.75, 3.05) is 17.4 Å². The van der Waals surface area contributed by atoms with E-state index >= 15 is 0 Å². The van der Waals surface area contributed by atoms with Crippen molar-refractivity contribution >= 4 is 23.2 Å². The maximum absolute atomic E-state index is 6.20. The maximum atomic E-state index is 6.20. The quantitative estimate of drug-likeness (QED) is 0.656. The van der Waals surface area contributed by atoms with Gasteiger partial charge in [-0.2, -0.15) is 0 Å². The van der Waals surface area contributed by atoms with Gasteiger partial charge >= 0.3 is 0 Å². The van der Waals surface area contributed by atoms with E-state index in [4.69, 9.17) is 17.4 Å². The largest absolute Gasteiger partial charge is 0.355 e. The molecule has 0 atom stereocenters. The predicted molar refractivity (Wildman–Crippen MR) is 87.5 cm³/mol. The molecule has 0 radical (unpaired) electrons. The van der Waals surface area contributed by atoms with Gasteiger partial charge in [0, 0.05) is 30.6 Å². The van der Waals surface area contributed by atoms with Gasteiger partial charge in [0.05, 0.1) is 0 Å². The highest BCUT2D eigenvalue weighted by Crippen LogP contribution is 2.22. The molecular formula is C15H20ClN5. The Morgan fingerprint density at radius 1 is 1.29 bits per heavy atom. The normalized spacial score (nSPS) is 10.8. The third-order valence-electron chi connectivity index (χ3n) is 3.15. The van der Waals surface area contributed by atoms with Crippen LogP contribution >= 0.6 is 11.6 Å². The predicted octanol–water partition coefficient (Wildman–Crippen LogP) is 3.18. The first-order valence-electron chi connectivity index (χ1n) is 6.81. The Kier molecular flexibility index (Phi) is 4.98. The molecule has 21 heavy (non-hydrogen) atoms. The van der Waals surface area contributed by atoms with E-state index in [2.05, 4.69) is 15.4 Å². The van der Waals surface area contributed by atoms with Crippen LogP contribution in [-0.2, 0) is 6.54 Å². The minimum Gasteiger partial charge on any atom is -0.355 e. The lowest BCUT2D eigenvalue weighted by Gasteiger charge is -2.20. The number of hydrazine groups is 1. The second kappa shape index (κ2) is 6.74. The van der Waals surface area contributed by atoms with Crippen LogP contribution < -0.4 is 16.2 Å². The van der Waals surface area contributed by atoms with Crippen molar-refractivity contribution in [2.24, 2.45) is 5.84 Å². The lowest BCUT2D eigenvalue weighted by Crippen LogP contribution is -2.20. The monoisotopic (exact) mass is 305 g/mol. The van der Waals surface area contributed by atoms with E-state index in [1.807, 2.05) is 56.1 Å². The van der Waals surface area contributed by atoms with Gasteiger partial charge < -0.3 is 10.3 Å². The Balaban J connectivity index is 2.28. The van der Waals surface area contributed by atoms with Crippen LogP contribution in [0.15, 0.2) is 30.3 Å². The molecule has 3 N–H and O–H groups in total. The van der Waals surface area contributed by atoms with Crippen molar-refractivity contribution in [3.05, 3.63) is 46.7 Å². The number of nitrogens with one attached hydrogen (secondary N) is 1. The number of halogens is 1. The van der Waals surface area contributed by atoms with Gasteiger partial charge in [-0.05, 0) is 11.6 Å². The number of nitrogens with zero attached hydrogens (tertiary/aromatic N) is 3. The number of anilines is 2. The molecule has 0 aliphatic carbocycles. The summed E-state index contributed by atoms with van der Waals surface area (Å²) in [6.07, 6.45) is 0. The highest BCUT2D eigenvalue weighted by Gasteiger charge is 2.12. The third kappa shape index (κ3) is 3.83. The van der Waals surface area contributed by atoms with Crippen molar-refractivity contribution in [3.8, 4) is 0 Å². The molecule has 0 spiro atoms. The number of rotatable bonds is 5. The summed E-state index contributed by atoms with van der Waals surface area (Å²) in [7, 11) is 1.97. The molecule has 0 saturated heterocycles. The van der Waals surface area contributed by atoms with E-state index < -0.39 is 0 Å². The van der Waals surface area contributed by atoms with E-state index in [-0.39, 0.29) is 5.92 Å². The SMILES string of the molecule is CC(C)c1nc(NN)cc(N(C)Cc2ccccc2Cl)n1. The lowest BCUT2D eigenvalue weighted by molar-refractivity contribution is 0.763. The molecule has 1 aromatic carbocycles. The standard InChI is InChI=1S/C15H20ClN5/c1-10(2)15-18-13(20-17)8-14(19-15)21(3)9-11-6-4-5-7-12(11)16/h4-8,10H,9,17H2,1-3H3,(H,18,19,20). The van der Waals surface area contributed by atoms with Crippen molar-refractivity contribution in [1.82, 2.24) is 9.97 Å². The first-order valence-corrected chi connectivity index (χ1v) is 7.19. The minimum atomic E-state index is 0.228. The number of hydrogen-bond acceptors (Lipinski definition) is 5. The molecule has 0 aliphatic heterocycles. The molecule has 0 bridgehead atoms. The minimum absolute atomic E-state index is 0.228. The Morgan fingerprint density at radius 2 is 2.00 bits per heavy atom. The summed E-state index contributed by atoms with van der Waals surface area (Å²) < 4.78 is 0. The van der Waals surface area contributed by atoms with Gasteiger partial charge in [0.2, 0.25) is 0 Å². The molecule has 2 rings (SSSR count). The van der Waals surface area contributed by atoms with E-state index in [9.17, 15) is 0 Å². The highest BCUT2D eigenvalue weighted by molar-refractivity contribution is 6.31. The van der Waals surface area contributed by atoms with Crippen molar-refractivity contribution < 1.29 is 0 Å². The molecule has 6 heteroatoms. The number of nitrogens with two attached hydrogens (primary N) is 1. The first-order chi connectivity index (χ1) is 10.0. The summed E-state index contributed by atoms with van der Waals surface area (Å²) in [5.74, 6) is 7.88. The summed E-state index contributed by atoms with van der Waals surface area (Å²) in [5.41, 5.74) is 3.64. The molecule has 0 aliphatic rings. The van der Waals surface area contributed by atoms with Gasteiger partial charge in [-0.15, -0.1) is 0 Å². The smallest absolute Gasteiger partial charge is 0.145 e. The molecule has 1 aromatic heterocycles. The Morgan fingerprint density at radius 3 is 2.62 bits per heavy atom. The van der Waals surface area contributed by atoms with Gasteiger partial charge in [-0.25, -0.2) is 15.8 Å². The van der Waals surface area contributed by atoms with Crippen LogP contribution in [0.25, 0.3) is 0 Å². The molecular weight excluding hydrogens is 286 g/mol. The van der Waals surface area contributed by atoms with Crippen LogP contribution in [0.2, 0.25) is 5.02 Å². The van der Waals surface area contributed by atoms with Crippen LogP contribution in [-0.4, -0.2) is 17.0 Å². The fourth-order valence-corrected chi connectivity index (χ4v) is 2.14. The molecule has 112 valence electrons. The average Bonchev–Trinajstić information content (AvgIpc) is 2.49. The average molecular weight is 306 g/mol. The van der Waals surface area contributed by atoms with E-state index in [0.29, 0.717) is 12.4 Å². The van der Waals surface area contributed by atoms with Crippen LogP contribution in [0.1, 0.15) is 31.2 Å². The van der Waals surface area contributed by atoms with E-state index in [1.165, 1.54) is 0 Å². The summed E-state index contributed by atoms with van der Waals surface area (Å²) in [6, 6.07) is 9.61. The summed E-state index contributed by atoms with van der Waals surface area (Å²) >= 11 is 6.20. The van der Waals surface area contributed by atoms with Crippen molar-refractivity contribution in [3.63, 3.8) is 0 Å². The number of benzene rings is 1. The zero-order chi connectivity index (χ0) is 15.4. The second-order valence-electron chi connectivity index (χ2n) is 5.22. The van der Waals surface area contributed by atoms with Gasteiger partial charge in [-0.3, -0.25) is 0 Å².